The maximum absolute atomic E-state index is 11.8. The predicted molar refractivity (Wildman–Crippen MR) is 94.4 cm³/mol. The molecule has 3 saturated heterocycles. The minimum Gasteiger partial charge on any atom is -0.374 e. The Hall–Kier alpha value is -0.570. The summed E-state index contributed by atoms with van der Waals surface area (Å²) >= 11 is 0. The third-order valence-electron chi connectivity index (χ3n) is 5.31. The van der Waals surface area contributed by atoms with Crippen LogP contribution < -0.4 is 10.6 Å². The summed E-state index contributed by atoms with van der Waals surface area (Å²) < 4.78 is 6.00. The highest BCUT2D eigenvalue weighted by Crippen LogP contribution is 2.47. The van der Waals surface area contributed by atoms with Gasteiger partial charge in [0.1, 0.15) is 0 Å². The second-order valence-electron chi connectivity index (χ2n) is 6.77. The Bertz CT molecular complexity index is 450. The minimum absolute atomic E-state index is 0. The predicted octanol–water partition coefficient (Wildman–Crippen LogP) is 0.568. The number of nitrogens with zero attached hydrogens (tertiary/aromatic N) is 2. The molecule has 0 aromatic carbocycles. The summed E-state index contributed by atoms with van der Waals surface area (Å²) in [5, 5.41) is 6.20. The molecule has 2 bridgehead atoms. The number of aliphatic imine (C=N–C) groups is 1. The monoisotopic (exact) mass is 420 g/mol. The average molecular weight is 420 g/mol. The van der Waals surface area contributed by atoms with Gasteiger partial charge in [-0.2, -0.15) is 0 Å². The topological polar surface area (TPSA) is 66.0 Å². The van der Waals surface area contributed by atoms with Crippen LogP contribution in [0.1, 0.15) is 25.7 Å². The van der Waals surface area contributed by atoms with E-state index in [9.17, 15) is 4.79 Å². The second-order valence-corrected chi connectivity index (χ2v) is 6.77. The van der Waals surface area contributed by atoms with Crippen molar-refractivity contribution in [1.29, 1.82) is 0 Å². The third kappa shape index (κ3) is 3.06. The normalized spacial score (nSPS) is 36.0. The van der Waals surface area contributed by atoms with Gasteiger partial charge in [0.05, 0.1) is 18.8 Å². The summed E-state index contributed by atoms with van der Waals surface area (Å²) in [6, 6.07) is 0.417. The SMILES string of the molecule is CN=C(NCC(=O)NC1CC1)N1CC2C3CCC(O3)C2C1.I. The van der Waals surface area contributed by atoms with Crippen molar-refractivity contribution < 1.29 is 9.53 Å². The Labute approximate surface area is 148 Å². The van der Waals surface area contributed by atoms with Gasteiger partial charge in [0.25, 0.3) is 0 Å². The highest BCUT2D eigenvalue weighted by molar-refractivity contribution is 14.0. The first-order chi connectivity index (χ1) is 10.2. The van der Waals surface area contributed by atoms with Crippen LogP contribution in [0.25, 0.3) is 0 Å². The fraction of sp³-hybridized carbons (Fsp3) is 0.867. The maximum Gasteiger partial charge on any atom is 0.239 e. The molecule has 1 saturated carbocycles. The first kappa shape index (κ1) is 16.3. The third-order valence-corrected chi connectivity index (χ3v) is 5.31. The lowest BCUT2D eigenvalue weighted by Gasteiger charge is -2.23. The van der Waals surface area contributed by atoms with Crippen LogP contribution in [0.5, 0.6) is 0 Å². The van der Waals surface area contributed by atoms with Crippen LogP contribution in [-0.4, -0.2) is 61.7 Å². The standard InChI is InChI=1S/C15H24N4O2.HI/c1-16-15(17-6-14(20)18-9-2-3-9)19-7-10-11(8-19)13-5-4-12(10)21-13;/h9-13H,2-8H2,1H3,(H,16,17)(H,18,20);1H. The van der Waals surface area contributed by atoms with E-state index in [4.69, 9.17) is 4.74 Å². The van der Waals surface area contributed by atoms with Crippen molar-refractivity contribution in [2.45, 2.75) is 43.9 Å². The number of carbonyl (C=O) groups is 1. The number of guanidine groups is 1. The van der Waals surface area contributed by atoms with Crippen LogP contribution in [0.4, 0.5) is 0 Å². The molecule has 4 rings (SSSR count). The minimum atomic E-state index is 0. The number of amides is 1. The molecule has 1 aliphatic carbocycles. The summed E-state index contributed by atoms with van der Waals surface area (Å²) in [5.41, 5.74) is 0. The van der Waals surface area contributed by atoms with Crippen molar-refractivity contribution in [3.8, 4) is 0 Å². The Morgan fingerprint density at radius 2 is 1.82 bits per heavy atom. The molecule has 4 unspecified atom stereocenters. The zero-order valence-electron chi connectivity index (χ0n) is 13.0. The highest BCUT2D eigenvalue weighted by atomic mass is 127. The van der Waals surface area contributed by atoms with Crippen LogP contribution in [-0.2, 0) is 9.53 Å². The van der Waals surface area contributed by atoms with Crippen molar-refractivity contribution in [3.05, 3.63) is 0 Å². The molecule has 4 aliphatic rings. The van der Waals surface area contributed by atoms with Gasteiger partial charge < -0.3 is 20.3 Å². The lowest BCUT2D eigenvalue weighted by Crippen LogP contribution is -2.45. The lowest BCUT2D eigenvalue weighted by atomic mass is 9.82. The number of hydrogen-bond donors (Lipinski definition) is 2. The molecule has 7 heteroatoms. The van der Waals surface area contributed by atoms with E-state index in [0.29, 0.717) is 36.6 Å². The van der Waals surface area contributed by atoms with Crippen LogP contribution in [0.3, 0.4) is 0 Å². The molecule has 3 aliphatic heterocycles. The maximum atomic E-state index is 11.8. The van der Waals surface area contributed by atoms with E-state index >= 15 is 0 Å². The Morgan fingerprint density at radius 1 is 1.18 bits per heavy atom. The van der Waals surface area contributed by atoms with E-state index in [1.807, 2.05) is 0 Å². The fourth-order valence-corrected chi connectivity index (χ4v) is 4.13. The molecule has 6 nitrogen and oxygen atoms in total. The second kappa shape index (κ2) is 6.51. The van der Waals surface area contributed by atoms with E-state index in [-0.39, 0.29) is 29.9 Å². The van der Waals surface area contributed by atoms with E-state index in [1.165, 1.54) is 12.8 Å². The van der Waals surface area contributed by atoms with Crippen LogP contribution in [0.2, 0.25) is 0 Å². The molecule has 22 heavy (non-hydrogen) atoms. The number of nitrogens with one attached hydrogen (secondary N) is 2. The summed E-state index contributed by atoms with van der Waals surface area (Å²) in [6.07, 6.45) is 5.60. The average Bonchev–Trinajstić information content (AvgIpc) is 2.92. The first-order valence-corrected chi connectivity index (χ1v) is 8.15. The van der Waals surface area contributed by atoms with Crippen molar-refractivity contribution in [2.24, 2.45) is 16.8 Å². The zero-order valence-corrected chi connectivity index (χ0v) is 15.3. The number of likely N-dealkylation sites (tertiary alicyclic amines) is 1. The van der Waals surface area contributed by atoms with Crippen LogP contribution in [0.15, 0.2) is 4.99 Å². The van der Waals surface area contributed by atoms with Gasteiger partial charge in [-0.15, -0.1) is 24.0 Å². The van der Waals surface area contributed by atoms with Gasteiger partial charge >= 0.3 is 0 Å². The number of hydrogen-bond acceptors (Lipinski definition) is 3. The molecule has 2 N–H and O–H groups in total. The van der Waals surface area contributed by atoms with Crippen LogP contribution in [0, 0.1) is 11.8 Å². The van der Waals surface area contributed by atoms with Crippen molar-refractivity contribution in [2.75, 3.05) is 26.7 Å². The molecule has 0 radical (unpaired) electrons. The van der Waals surface area contributed by atoms with Gasteiger partial charge in [0.2, 0.25) is 5.91 Å². The quantitative estimate of drug-likeness (QED) is 0.398. The van der Waals surface area contributed by atoms with Gasteiger partial charge in [0.15, 0.2) is 5.96 Å². The first-order valence-electron chi connectivity index (χ1n) is 8.15. The van der Waals surface area contributed by atoms with Gasteiger partial charge in [-0.05, 0) is 25.7 Å². The molecule has 0 aromatic rings. The van der Waals surface area contributed by atoms with Gasteiger partial charge in [0, 0.05) is 38.0 Å². The molecule has 4 atom stereocenters. The van der Waals surface area contributed by atoms with Crippen molar-refractivity contribution >= 4 is 35.8 Å². The van der Waals surface area contributed by atoms with Crippen molar-refractivity contribution in [1.82, 2.24) is 15.5 Å². The van der Waals surface area contributed by atoms with E-state index in [2.05, 4.69) is 20.5 Å². The number of rotatable bonds is 3. The molecule has 124 valence electrons. The van der Waals surface area contributed by atoms with E-state index < -0.39 is 0 Å². The van der Waals surface area contributed by atoms with Crippen LogP contribution >= 0.6 is 24.0 Å². The molecule has 4 fully saturated rings. The Morgan fingerprint density at radius 3 is 2.36 bits per heavy atom. The summed E-state index contributed by atoms with van der Waals surface area (Å²) in [4.78, 5) is 18.4. The molecule has 0 aromatic heterocycles. The molecule has 3 heterocycles. The number of carbonyl (C=O) groups excluding carboxylic acids is 1. The number of fused-ring (bicyclic) bond motifs is 5. The Kier molecular flexibility index (Phi) is 4.82. The van der Waals surface area contributed by atoms with E-state index in [1.54, 1.807) is 7.05 Å². The van der Waals surface area contributed by atoms with Crippen molar-refractivity contribution in [3.63, 3.8) is 0 Å². The highest BCUT2D eigenvalue weighted by Gasteiger charge is 2.53. The van der Waals surface area contributed by atoms with Gasteiger partial charge in [-0.25, -0.2) is 0 Å². The largest absolute Gasteiger partial charge is 0.374 e. The molecular formula is C15H25IN4O2. The molecular weight excluding hydrogens is 395 g/mol. The smallest absolute Gasteiger partial charge is 0.239 e. The van der Waals surface area contributed by atoms with Gasteiger partial charge in [-0.3, -0.25) is 9.79 Å². The summed E-state index contributed by atoms with van der Waals surface area (Å²) in [5.74, 6) is 2.24. The number of ether oxygens (including phenoxy) is 1. The lowest BCUT2D eigenvalue weighted by molar-refractivity contribution is -0.120. The Balaban J connectivity index is 0.00000144. The molecule has 0 spiro atoms. The molecule has 1 amide bonds. The summed E-state index contributed by atoms with van der Waals surface area (Å²) in [7, 11) is 1.79. The van der Waals surface area contributed by atoms with Gasteiger partial charge in [-0.1, -0.05) is 0 Å². The number of halogens is 1. The van der Waals surface area contributed by atoms with E-state index in [0.717, 1.165) is 31.9 Å². The zero-order chi connectivity index (χ0) is 14.4. The fourth-order valence-electron chi connectivity index (χ4n) is 4.13. The summed E-state index contributed by atoms with van der Waals surface area (Å²) in [6.45, 7) is 2.34.